The fourth-order valence-electron chi connectivity index (χ4n) is 1.06. The molecule has 0 saturated carbocycles. The lowest BCUT2D eigenvalue weighted by atomic mass is 10.1. The van der Waals surface area contributed by atoms with Crippen LogP contribution in [0, 0.1) is 12.7 Å². The molecule has 1 aromatic carbocycles. The zero-order chi connectivity index (χ0) is 10.9. The van der Waals surface area contributed by atoms with Crippen LogP contribution in [-0.4, -0.2) is 24.9 Å². The monoisotopic (exact) mass is 215 g/mol. The normalized spacial score (nSPS) is 10.1. The molecule has 0 atom stereocenters. The summed E-state index contributed by atoms with van der Waals surface area (Å²) in [5, 5.41) is 0.145. The Morgan fingerprint density at radius 2 is 2.00 bits per heavy atom. The second-order valence-electron chi connectivity index (χ2n) is 3.28. The van der Waals surface area contributed by atoms with E-state index in [4.69, 9.17) is 11.6 Å². The number of nitrogens with zero attached hydrogens (tertiary/aromatic N) is 1. The smallest absolute Gasteiger partial charge is 0.254 e. The van der Waals surface area contributed by atoms with E-state index >= 15 is 0 Å². The van der Waals surface area contributed by atoms with Gasteiger partial charge in [0.25, 0.3) is 5.91 Å². The molecule has 76 valence electrons. The summed E-state index contributed by atoms with van der Waals surface area (Å²) in [4.78, 5) is 12.9. The van der Waals surface area contributed by atoms with Gasteiger partial charge in [-0.05, 0) is 24.6 Å². The summed E-state index contributed by atoms with van der Waals surface area (Å²) in [7, 11) is 3.24. The molecule has 0 N–H and O–H groups in total. The predicted molar refractivity (Wildman–Crippen MR) is 54.2 cm³/mol. The highest BCUT2D eigenvalue weighted by atomic mass is 35.5. The van der Waals surface area contributed by atoms with Crippen molar-refractivity contribution in [3.63, 3.8) is 0 Å². The van der Waals surface area contributed by atoms with E-state index in [0.717, 1.165) is 6.07 Å². The number of hydrogen-bond acceptors (Lipinski definition) is 1. The minimum Gasteiger partial charge on any atom is -0.345 e. The first-order chi connectivity index (χ1) is 6.43. The van der Waals surface area contributed by atoms with Crippen molar-refractivity contribution >= 4 is 17.5 Å². The van der Waals surface area contributed by atoms with Crippen LogP contribution in [0.2, 0.25) is 5.02 Å². The first-order valence-electron chi connectivity index (χ1n) is 4.10. The van der Waals surface area contributed by atoms with Gasteiger partial charge < -0.3 is 4.90 Å². The van der Waals surface area contributed by atoms with Crippen LogP contribution < -0.4 is 0 Å². The number of hydrogen-bond donors (Lipinski definition) is 0. The number of carbonyl (C=O) groups excluding carboxylic acids is 1. The zero-order valence-electron chi connectivity index (χ0n) is 8.27. The molecule has 1 rings (SSSR count). The Balaban J connectivity index is 3.22. The maximum Gasteiger partial charge on any atom is 0.254 e. The van der Waals surface area contributed by atoms with Gasteiger partial charge in [0.05, 0.1) is 10.6 Å². The third kappa shape index (κ3) is 2.04. The maximum atomic E-state index is 13.0. The van der Waals surface area contributed by atoms with Crippen LogP contribution in [0.25, 0.3) is 0 Å². The number of carbonyl (C=O) groups is 1. The summed E-state index contributed by atoms with van der Waals surface area (Å²) in [5.41, 5.74) is 0.746. The summed E-state index contributed by atoms with van der Waals surface area (Å²) < 4.78 is 13.0. The van der Waals surface area contributed by atoms with Crippen LogP contribution in [-0.2, 0) is 0 Å². The fraction of sp³-hybridized carbons (Fsp3) is 0.300. The van der Waals surface area contributed by atoms with Gasteiger partial charge in [0.15, 0.2) is 0 Å². The number of benzene rings is 1. The first-order valence-corrected chi connectivity index (χ1v) is 4.48. The summed E-state index contributed by atoms with van der Waals surface area (Å²) >= 11 is 5.75. The number of aryl methyl sites for hydroxylation is 1. The second-order valence-corrected chi connectivity index (χ2v) is 3.69. The third-order valence-electron chi connectivity index (χ3n) is 1.88. The van der Waals surface area contributed by atoms with Crippen molar-refractivity contribution in [3.05, 3.63) is 34.1 Å². The Kier molecular flexibility index (Phi) is 3.11. The summed E-state index contributed by atoms with van der Waals surface area (Å²) in [6.07, 6.45) is 0. The van der Waals surface area contributed by atoms with E-state index < -0.39 is 5.82 Å². The number of amides is 1. The summed E-state index contributed by atoms with van der Waals surface area (Å²) in [6, 6.07) is 2.62. The molecule has 0 bridgehead atoms. The first kappa shape index (κ1) is 11.0. The zero-order valence-corrected chi connectivity index (χ0v) is 9.02. The average molecular weight is 216 g/mol. The number of halogens is 2. The lowest BCUT2D eigenvalue weighted by molar-refractivity contribution is 0.0827. The topological polar surface area (TPSA) is 20.3 Å². The van der Waals surface area contributed by atoms with Crippen LogP contribution in [0.3, 0.4) is 0 Å². The molecule has 0 aliphatic rings. The van der Waals surface area contributed by atoms with Gasteiger partial charge >= 0.3 is 0 Å². The largest absolute Gasteiger partial charge is 0.345 e. The Morgan fingerprint density at radius 1 is 1.43 bits per heavy atom. The maximum absolute atomic E-state index is 13.0. The SMILES string of the molecule is Cc1cc(C(=O)N(C)C)c(Cl)cc1F. The van der Waals surface area contributed by atoms with Crippen molar-refractivity contribution < 1.29 is 9.18 Å². The Hall–Kier alpha value is -1.09. The van der Waals surface area contributed by atoms with E-state index in [2.05, 4.69) is 0 Å². The van der Waals surface area contributed by atoms with Crippen molar-refractivity contribution in [1.29, 1.82) is 0 Å². The Bertz CT molecular complexity index is 377. The molecule has 0 unspecified atom stereocenters. The highest BCUT2D eigenvalue weighted by molar-refractivity contribution is 6.33. The van der Waals surface area contributed by atoms with Gasteiger partial charge in [-0.15, -0.1) is 0 Å². The summed E-state index contributed by atoms with van der Waals surface area (Å²) in [5.74, 6) is -0.622. The molecule has 14 heavy (non-hydrogen) atoms. The quantitative estimate of drug-likeness (QED) is 0.705. The van der Waals surface area contributed by atoms with Gasteiger partial charge in [-0.1, -0.05) is 11.6 Å². The van der Waals surface area contributed by atoms with Crippen molar-refractivity contribution in [3.8, 4) is 0 Å². The summed E-state index contributed by atoms with van der Waals surface area (Å²) in [6.45, 7) is 1.60. The molecule has 0 aromatic heterocycles. The van der Waals surface area contributed by atoms with Crippen LogP contribution >= 0.6 is 11.6 Å². The van der Waals surface area contributed by atoms with Gasteiger partial charge in [-0.2, -0.15) is 0 Å². The Labute approximate surface area is 87.3 Å². The van der Waals surface area contributed by atoms with Crippen LogP contribution in [0.1, 0.15) is 15.9 Å². The molecule has 0 fully saturated rings. The standard InChI is InChI=1S/C10H11ClFNO/c1-6-4-7(10(14)13(2)3)8(11)5-9(6)12/h4-5H,1-3H3. The van der Waals surface area contributed by atoms with Gasteiger partial charge in [-0.3, -0.25) is 4.79 Å². The Morgan fingerprint density at radius 3 is 2.50 bits per heavy atom. The van der Waals surface area contributed by atoms with E-state index in [9.17, 15) is 9.18 Å². The fourth-order valence-corrected chi connectivity index (χ4v) is 1.29. The van der Waals surface area contributed by atoms with Crippen molar-refractivity contribution in [2.45, 2.75) is 6.92 Å². The van der Waals surface area contributed by atoms with E-state index in [-0.39, 0.29) is 10.9 Å². The molecular formula is C10H11ClFNO. The highest BCUT2D eigenvalue weighted by Gasteiger charge is 2.14. The van der Waals surface area contributed by atoms with E-state index in [1.807, 2.05) is 0 Å². The van der Waals surface area contributed by atoms with Gasteiger partial charge in [0, 0.05) is 14.1 Å². The van der Waals surface area contributed by atoms with E-state index in [1.54, 1.807) is 21.0 Å². The van der Waals surface area contributed by atoms with Crippen LogP contribution in [0.4, 0.5) is 4.39 Å². The molecule has 0 radical (unpaired) electrons. The molecule has 0 aliphatic heterocycles. The lowest BCUT2D eigenvalue weighted by Gasteiger charge is -2.12. The minimum atomic E-state index is -0.398. The van der Waals surface area contributed by atoms with Crippen molar-refractivity contribution in [2.75, 3.05) is 14.1 Å². The van der Waals surface area contributed by atoms with Crippen LogP contribution in [0.15, 0.2) is 12.1 Å². The molecule has 0 spiro atoms. The molecule has 4 heteroatoms. The molecule has 0 aliphatic carbocycles. The van der Waals surface area contributed by atoms with Gasteiger partial charge in [0.1, 0.15) is 5.82 Å². The lowest BCUT2D eigenvalue weighted by Crippen LogP contribution is -2.22. The highest BCUT2D eigenvalue weighted by Crippen LogP contribution is 2.21. The third-order valence-corrected chi connectivity index (χ3v) is 2.20. The number of rotatable bonds is 1. The van der Waals surface area contributed by atoms with Crippen molar-refractivity contribution in [2.24, 2.45) is 0 Å². The van der Waals surface area contributed by atoms with E-state index in [0.29, 0.717) is 11.1 Å². The molecule has 1 amide bonds. The van der Waals surface area contributed by atoms with Gasteiger partial charge in [-0.25, -0.2) is 4.39 Å². The molecule has 1 aromatic rings. The predicted octanol–water partition coefficient (Wildman–Crippen LogP) is 2.49. The average Bonchev–Trinajstić information content (AvgIpc) is 2.10. The molecule has 2 nitrogen and oxygen atoms in total. The molecule has 0 saturated heterocycles. The van der Waals surface area contributed by atoms with Crippen molar-refractivity contribution in [1.82, 2.24) is 4.90 Å². The molecule has 0 heterocycles. The molecular weight excluding hydrogens is 205 g/mol. The second kappa shape index (κ2) is 3.96. The van der Waals surface area contributed by atoms with E-state index in [1.165, 1.54) is 11.0 Å². The minimum absolute atomic E-state index is 0.145. The van der Waals surface area contributed by atoms with Gasteiger partial charge in [0.2, 0.25) is 0 Å². The van der Waals surface area contributed by atoms with Crippen LogP contribution in [0.5, 0.6) is 0 Å².